The fourth-order valence-electron chi connectivity index (χ4n) is 2.99. The number of aryl methyl sites for hydroxylation is 1. The fourth-order valence-corrected chi connectivity index (χ4v) is 2.99. The van der Waals surface area contributed by atoms with Crippen LogP contribution >= 0.6 is 0 Å². The van der Waals surface area contributed by atoms with E-state index in [1.807, 2.05) is 36.4 Å². The van der Waals surface area contributed by atoms with E-state index >= 15 is 0 Å². The van der Waals surface area contributed by atoms with E-state index in [2.05, 4.69) is 5.32 Å². The molecule has 0 aromatic heterocycles. The molecule has 1 aliphatic carbocycles. The van der Waals surface area contributed by atoms with E-state index < -0.39 is 13.2 Å². The van der Waals surface area contributed by atoms with Crippen LogP contribution < -0.4 is 10.8 Å². The highest BCUT2D eigenvalue weighted by atomic mass is 16.5. The van der Waals surface area contributed by atoms with Crippen LogP contribution in [0.5, 0.6) is 0 Å². The predicted octanol–water partition coefficient (Wildman–Crippen LogP) is 1.15. The van der Waals surface area contributed by atoms with Gasteiger partial charge in [0.05, 0.1) is 0 Å². The molecule has 0 spiro atoms. The smallest absolute Gasteiger partial charge is 0.445 e. The summed E-state index contributed by atoms with van der Waals surface area (Å²) in [6.45, 7) is 0.247. The maximum atomic E-state index is 12.0. The summed E-state index contributed by atoms with van der Waals surface area (Å²) < 4.78 is 5.25. The maximum Gasteiger partial charge on any atom is 0.488 e. The second-order valence-electron chi connectivity index (χ2n) is 6.05. The van der Waals surface area contributed by atoms with E-state index in [0.29, 0.717) is 11.9 Å². The van der Waals surface area contributed by atoms with Crippen LogP contribution in [0.2, 0.25) is 0 Å². The van der Waals surface area contributed by atoms with Crippen molar-refractivity contribution in [3.05, 3.63) is 65.2 Å². The normalized spacial score (nSPS) is 16.2. The lowest BCUT2D eigenvalue weighted by Gasteiger charge is -2.25. The van der Waals surface area contributed by atoms with Gasteiger partial charge in [-0.3, -0.25) is 0 Å². The number of hydrogen-bond acceptors (Lipinski definition) is 4. The molecule has 0 heterocycles. The number of amides is 1. The molecule has 1 amide bonds. The third-order valence-corrected chi connectivity index (χ3v) is 4.29. The molecule has 0 bridgehead atoms. The van der Waals surface area contributed by atoms with Crippen LogP contribution in [0, 0.1) is 0 Å². The predicted molar refractivity (Wildman–Crippen MR) is 91.8 cm³/mol. The number of ether oxygens (including phenoxy) is 1. The van der Waals surface area contributed by atoms with E-state index in [0.717, 1.165) is 24.0 Å². The Morgan fingerprint density at radius 3 is 2.71 bits per heavy atom. The molecule has 5 nitrogen and oxygen atoms in total. The van der Waals surface area contributed by atoms with E-state index in [4.69, 9.17) is 4.74 Å². The van der Waals surface area contributed by atoms with Gasteiger partial charge in [-0.1, -0.05) is 48.5 Å². The van der Waals surface area contributed by atoms with E-state index in [-0.39, 0.29) is 12.6 Å². The molecular formula is C18H20BNO4. The summed E-state index contributed by atoms with van der Waals surface area (Å²) in [6.07, 6.45) is 1.93. The number of benzene rings is 2. The second-order valence-corrected chi connectivity index (χ2v) is 6.05. The molecule has 124 valence electrons. The largest absolute Gasteiger partial charge is 0.488 e. The van der Waals surface area contributed by atoms with Crippen molar-refractivity contribution in [2.24, 2.45) is 0 Å². The summed E-state index contributed by atoms with van der Waals surface area (Å²) in [4.78, 5) is 12.0. The van der Waals surface area contributed by atoms with Gasteiger partial charge in [0.2, 0.25) is 0 Å². The molecule has 0 aliphatic heterocycles. The SMILES string of the molecule is O=C(N[C@H]1CCc2ccc(B(O)O)cc2C1)OCc1ccccc1. The Bertz CT molecular complexity index is 705. The zero-order valence-corrected chi connectivity index (χ0v) is 13.3. The fraction of sp³-hybridized carbons (Fsp3) is 0.278. The molecule has 24 heavy (non-hydrogen) atoms. The number of alkyl carbamates (subject to hydrolysis) is 1. The third kappa shape index (κ3) is 4.16. The van der Waals surface area contributed by atoms with E-state index in [1.165, 1.54) is 5.56 Å². The molecule has 2 aromatic rings. The Kier molecular flexibility index (Phi) is 5.18. The van der Waals surface area contributed by atoms with Gasteiger partial charge in [-0.2, -0.15) is 0 Å². The lowest BCUT2D eigenvalue weighted by molar-refractivity contribution is 0.134. The molecule has 2 aromatic carbocycles. The summed E-state index contributed by atoms with van der Waals surface area (Å²) in [6, 6.07) is 15.0. The summed E-state index contributed by atoms with van der Waals surface area (Å²) in [5.41, 5.74) is 3.65. The number of nitrogens with one attached hydrogen (secondary N) is 1. The van der Waals surface area contributed by atoms with Crippen LogP contribution in [0.4, 0.5) is 4.79 Å². The molecular weight excluding hydrogens is 305 g/mol. The molecule has 0 fully saturated rings. The van der Waals surface area contributed by atoms with E-state index in [1.54, 1.807) is 12.1 Å². The number of fused-ring (bicyclic) bond motifs is 1. The van der Waals surface area contributed by atoms with Crippen molar-refractivity contribution < 1.29 is 19.6 Å². The first-order valence-electron chi connectivity index (χ1n) is 8.07. The van der Waals surface area contributed by atoms with Gasteiger partial charge in [-0.15, -0.1) is 0 Å². The van der Waals surface area contributed by atoms with Gasteiger partial charge in [0.1, 0.15) is 6.61 Å². The lowest BCUT2D eigenvalue weighted by atomic mass is 9.76. The first-order chi connectivity index (χ1) is 11.6. The van der Waals surface area contributed by atoms with Crippen molar-refractivity contribution in [1.29, 1.82) is 0 Å². The molecule has 1 aliphatic rings. The monoisotopic (exact) mass is 325 g/mol. The summed E-state index contributed by atoms with van der Waals surface area (Å²) in [7, 11) is -1.47. The van der Waals surface area contributed by atoms with Gasteiger partial charge in [-0.05, 0) is 41.4 Å². The minimum Gasteiger partial charge on any atom is -0.445 e. The Hall–Kier alpha value is -2.31. The quantitative estimate of drug-likeness (QED) is 0.737. The number of rotatable bonds is 4. The zero-order chi connectivity index (χ0) is 16.9. The van der Waals surface area contributed by atoms with Gasteiger partial charge in [0.25, 0.3) is 0 Å². The average molecular weight is 325 g/mol. The first kappa shape index (κ1) is 16.5. The van der Waals surface area contributed by atoms with Crippen molar-refractivity contribution in [1.82, 2.24) is 5.32 Å². The highest BCUT2D eigenvalue weighted by molar-refractivity contribution is 6.58. The van der Waals surface area contributed by atoms with Crippen LogP contribution in [0.15, 0.2) is 48.5 Å². The van der Waals surface area contributed by atoms with Crippen LogP contribution in [-0.4, -0.2) is 29.3 Å². The number of hydrogen-bond donors (Lipinski definition) is 3. The minimum atomic E-state index is -1.47. The topological polar surface area (TPSA) is 78.8 Å². The van der Waals surface area contributed by atoms with Gasteiger partial charge in [0, 0.05) is 6.04 Å². The van der Waals surface area contributed by atoms with Crippen molar-refractivity contribution in [3.63, 3.8) is 0 Å². The summed E-state index contributed by atoms with van der Waals surface area (Å²) in [5.74, 6) is 0. The maximum absolute atomic E-state index is 12.0. The molecule has 3 rings (SSSR count). The van der Waals surface area contributed by atoms with Crippen molar-refractivity contribution in [2.45, 2.75) is 31.9 Å². The molecule has 3 N–H and O–H groups in total. The standard InChI is InChI=1S/C18H20BNO4/c21-18(24-12-13-4-2-1-3-5-13)20-17-9-7-14-6-8-16(19(22)23)10-15(14)11-17/h1-6,8,10,17,22-23H,7,9,11-12H2,(H,20,21)/t17-/m0/s1. The Balaban J connectivity index is 1.55. The second kappa shape index (κ2) is 7.51. The van der Waals surface area contributed by atoms with Crippen molar-refractivity contribution in [3.8, 4) is 0 Å². The van der Waals surface area contributed by atoms with Crippen LogP contribution in [0.3, 0.4) is 0 Å². The Morgan fingerprint density at radius 2 is 1.96 bits per heavy atom. The molecule has 0 radical (unpaired) electrons. The van der Waals surface area contributed by atoms with Crippen molar-refractivity contribution in [2.75, 3.05) is 0 Å². The third-order valence-electron chi connectivity index (χ3n) is 4.29. The highest BCUT2D eigenvalue weighted by Gasteiger charge is 2.22. The highest BCUT2D eigenvalue weighted by Crippen LogP contribution is 2.20. The molecule has 0 saturated heterocycles. The molecule has 6 heteroatoms. The molecule has 1 atom stereocenters. The van der Waals surface area contributed by atoms with Gasteiger partial charge in [0.15, 0.2) is 0 Å². The average Bonchev–Trinajstić information content (AvgIpc) is 2.60. The summed E-state index contributed by atoms with van der Waals surface area (Å²) in [5, 5.41) is 21.5. The molecule has 0 unspecified atom stereocenters. The Morgan fingerprint density at radius 1 is 1.17 bits per heavy atom. The van der Waals surface area contributed by atoms with Crippen LogP contribution in [-0.2, 0) is 24.2 Å². The van der Waals surface area contributed by atoms with Crippen LogP contribution in [0.25, 0.3) is 0 Å². The first-order valence-corrected chi connectivity index (χ1v) is 8.07. The van der Waals surface area contributed by atoms with E-state index in [9.17, 15) is 14.8 Å². The van der Waals surface area contributed by atoms with Crippen molar-refractivity contribution >= 4 is 18.7 Å². The van der Waals surface area contributed by atoms with Gasteiger partial charge in [-0.25, -0.2) is 4.79 Å². The van der Waals surface area contributed by atoms with Gasteiger partial charge < -0.3 is 20.1 Å². The Labute approximate surface area is 141 Å². The van der Waals surface area contributed by atoms with Crippen LogP contribution in [0.1, 0.15) is 23.1 Å². The lowest BCUT2D eigenvalue weighted by Crippen LogP contribution is -2.40. The van der Waals surface area contributed by atoms with Gasteiger partial charge >= 0.3 is 13.2 Å². The zero-order valence-electron chi connectivity index (χ0n) is 13.3. The summed E-state index contributed by atoms with van der Waals surface area (Å²) >= 11 is 0. The number of carbonyl (C=O) groups is 1. The molecule has 0 saturated carbocycles. The number of carbonyl (C=O) groups excluding carboxylic acids is 1. The minimum absolute atomic E-state index is 0.00754.